The Balaban J connectivity index is 2.07. The molecule has 1 atom stereocenters. The molecule has 1 N–H and O–H groups in total. The van der Waals surface area contributed by atoms with Crippen molar-refractivity contribution >= 4 is 11.6 Å². The van der Waals surface area contributed by atoms with Gasteiger partial charge in [0.15, 0.2) is 0 Å². The zero-order valence-corrected chi connectivity index (χ0v) is 12.2. The van der Waals surface area contributed by atoms with Crippen LogP contribution in [0, 0.1) is 5.82 Å². The number of nitrogens with zero attached hydrogens (tertiary/aromatic N) is 1. The number of pyridine rings is 1. The van der Waals surface area contributed by atoms with Crippen molar-refractivity contribution in [3.05, 3.63) is 64.7 Å². The highest BCUT2D eigenvalue weighted by Gasteiger charge is 2.11. The zero-order chi connectivity index (χ0) is 14.4. The molecule has 0 aliphatic heterocycles. The number of hydrogen-bond donors (Lipinski definition) is 1. The van der Waals surface area contributed by atoms with E-state index < -0.39 is 0 Å². The number of benzene rings is 1. The van der Waals surface area contributed by atoms with E-state index in [1.807, 2.05) is 18.2 Å². The van der Waals surface area contributed by atoms with Gasteiger partial charge in [0.1, 0.15) is 5.82 Å². The number of halogens is 2. The van der Waals surface area contributed by atoms with Crippen molar-refractivity contribution in [2.45, 2.75) is 25.8 Å². The van der Waals surface area contributed by atoms with Crippen LogP contribution in [0.5, 0.6) is 0 Å². The molecular weight excluding hydrogens is 275 g/mol. The molecule has 106 valence electrons. The molecule has 20 heavy (non-hydrogen) atoms. The molecule has 0 aliphatic carbocycles. The van der Waals surface area contributed by atoms with Crippen LogP contribution in [0.25, 0.3) is 0 Å². The van der Waals surface area contributed by atoms with Gasteiger partial charge < -0.3 is 5.32 Å². The third kappa shape index (κ3) is 4.29. The summed E-state index contributed by atoms with van der Waals surface area (Å²) in [6.07, 6.45) is 5.08. The number of nitrogens with one attached hydrogen (secondary N) is 1. The Morgan fingerprint density at radius 2 is 1.95 bits per heavy atom. The topological polar surface area (TPSA) is 24.9 Å². The Labute approximate surface area is 124 Å². The Bertz CT molecular complexity index is 542. The molecular formula is C16H18ClFN2. The normalized spacial score (nSPS) is 12.3. The van der Waals surface area contributed by atoms with Crippen molar-refractivity contribution in [2.75, 3.05) is 6.54 Å². The number of likely N-dealkylation sites (N-methyl/N-ethyl adjacent to an activating group) is 1. The van der Waals surface area contributed by atoms with Crippen LogP contribution in [0.2, 0.25) is 5.02 Å². The van der Waals surface area contributed by atoms with E-state index in [2.05, 4.69) is 17.2 Å². The van der Waals surface area contributed by atoms with E-state index in [0.717, 1.165) is 30.5 Å². The van der Waals surface area contributed by atoms with Gasteiger partial charge in [-0.25, -0.2) is 4.39 Å². The molecule has 0 saturated heterocycles. The van der Waals surface area contributed by atoms with Crippen LogP contribution in [0.3, 0.4) is 0 Å². The number of hydrogen-bond acceptors (Lipinski definition) is 2. The summed E-state index contributed by atoms with van der Waals surface area (Å²) in [6.45, 7) is 2.96. The molecule has 0 bridgehead atoms. The fourth-order valence-electron chi connectivity index (χ4n) is 2.25. The highest BCUT2D eigenvalue weighted by Crippen LogP contribution is 2.17. The van der Waals surface area contributed by atoms with Crippen LogP contribution in [0.15, 0.2) is 42.7 Å². The summed E-state index contributed by atoms with van der Waals surface area (Å²) in [5.41, 5.74) is 2.19. The van der Waals surface area contributed by atoms with Crippen LogP contribution in [-0.2, 0) is 12.8 Å². The molecule has 1 unspecified atom stereocenters. The van der Waals surface area contributed by atoms with Crippen molar-refractivity contribution in [2.24, 2.45) is 0 Å². The van der Waals surface area contributed by atoms with Crippen molar-refractivity contribution < 1.29 is 4.39 Å². The third-order valence-corrected chi connectivity index (χ3v) is 3.55. The van der Waals surface area contributed by atoms with Gasteiger partial charge in [0.05, 0.1) is 5.02 Å². The van der Waals surface area contributed by atoms with Crippen LogP contribution >= 0.6 is 11.6 Å². The SMILES string of the molecule is CCNC(Cc1ccc(F)cc1)Cc1ccncc1Cl. The van der Waals surface area contributed by atoms with E-state index >= 15 is 0 Å². The quantitative estimate of drug-likeness (QED) is 0.879. The van der Waals surface area contributed by atoms with Gasteiger partial charge >= 0.3 is 0 Å². The van der Waals surface area contributed by atoms with Crippen molar-refractivity contribution in [1.29, 1.82) is 0 Å². The fourth-order valence-corrected chi connectivity index (χ4v) is 2.44. The predicted molar refractivity (Wildman–Crippen MR) is 80.5 cm³/mol. The minimum absolute atomic E-state index is 0.203. The van der Waals surface area contributed by atoms with Gasteiger partial charge in [-0.15, -0.1) is 0 Å². The highest BCUT2D eigenvalue weighted by molar-refractivity contribution is 6.31. The lowest BCUT2D eigenvalue weighted by Crippen LogP contribution is -2.33. The molecule has 4 heteroatoms. The predicted octanol–water partition coefficient (Wildman–Crippen LogP) is 3.64. The minimum Gasteiger partial charge on any atom is -0.314 e. The number of rotatable bonds is 6. The van der Waals surface area contributed by atoms with Crippen LogP contribution in [0.1, 0.15) is 18.1 Å². The first-order valence-corrected chi connectivity index (χ1v) is 7.13. The standard InChI is InChI=1S/C16H18ClFN2/c1-2-20-15(9-12-3-5-14(18)6-4-12)10-13-7-8-19-11-16(13)17/h3-8,11,15,20H,2,9-10H2,1H3. The van der Waals surface area contributed by atoms with Crippen molar-refractivity contribution in [3.8, 4) is 0 Å². The van der Waals surface area contributed by atoms with Crippen molar-refractivity contribution in [3.63, 3.8) is 0 Å². The molecule has 0 saturated carbocycles. The Hall–Kier alpha value is -1.45. The monoisotopic (exact) mass is 292 g/mol. The van der Waals surface area contributed by atoms with Gasteiger partial charge in [0.2, 0.25) is 0 Å². The summed E-state index contributed by atoms with van der Waals surface area (Å²) < 4.78 is 12.9. The maximum absolute atomic E-state index is 12.9. The van der Waals surface area contributed by atoms with Crippen molar-refractivity contribution in [1.82, 2.24) is 10.3 Å². The first kappa shape index (κ1) is 14.9. The van der Waals surface area contributed by atoms with Gasteiger partial charge in [0.25, 0.3) is 0 Å². The van der Waals surface area contributed by atoms with Crippen LogP contribution in [-0.4, -0.2) is 17.6 Å². The van der Waals surface area contributed by atoms with Crippen LogP contribution < -0.4 is 5.32 Å². The summed E-state index contributed by atoms with van der Waals surface area (Å²) >= 11 is 6.15. The van der Waals surface area contributed by atoms with Gasteiger partial charge in [0, 0.05) is 18.4 Å². The lowest BCUT2D eigenvalue weighted by molar-refractivity contribution is 0.520. The third-order valence-electron chi connectivity index (χ3n) is 3.21. The first-order chi connectivity index (χ1) is 9.69. The Kier molecular flexibility index (Phi) is 5.50. The van der Waals surface area contributed by atoms with E-state index in [4.69, 9.17) is 11.6 Å². The Morgan fingerprint density at radius 1 is 1.20 bits per heavy atom. The van der Waals surface area contributed by atoms with Gasteiger partial charge in [-0.05, 0) is 48.7 Å². The largest absolute Gasteiger partial charge is 0.314 e. The summed E-state index contributed by atoms with van der Waals surface area (Å²) in [5, 5.41) is 4.14. The van der Waals surface area contributed by atoms with E-state index in [-0.39, 0.29) is 11.9 Å². The van der Waals surface area contributed by atoms with E-state index in [0.29, 0.717) is 5.02 Å². The fraction of sp³-hybridized carbons (Fsp3) is 0.312. The summed E-state index contributed by atoms with van der Waals surface area (Å²) in [6, 6.07) is 8.86. The van der Waals surface area contributed by atoms with Gasteiger partial charge in [-0.3, -0.25) is 4.98 Å². The lowest BCUT2D eigenvalue weighted by Gasteiger charge is -2.18. The average Bonchev–Trinajstić information content (AvgIpc) is 2.44. The van der Waals surface area contributed by atoms with E-state index in [9.17, 15) is 4.39 Å². The molecule has 1 aromatic heterocycles. The molecule has 0 spiro atoms. The molecule has 0 fully saturated rings. The maximum Gasteiger partial charge on any atom is 0.123 e. The molecule has 0 radical (unpaired) electrons. The second-order valence-electron chi connectivity index (χ2n) is 4.76. The molecule has 1 aromatic carbocycles. The molecule has 2 aromatic rings. The lowest BCUT2D eigenvalue weighted by atomic mass is 9.99. The minimum atomic E-state index is -0.203. The summed E-state index contributed by atoms with van der Waals surface area (Å²) in [7, 11) is 0. The second-order valence-corrected chi connectivity index (χ2v) is 5.16. The molecule has 1 heterocycles. The second kappa shape index (κ2) is 7.36. The molecule has 0 aliphatic rings. The molecule has 2 nitrogen and oxygen atoms in total. The molecule has 2 rings (SSSR count). The van der Waals surface area contributed by atoms with Crippen LogP contribution in [0.4, 0.5) is 4.39 Å². The first-order valence-electron chi connectivity index (χ1n) is 6.75. The average molecular weight is 293 g/mol. The maximum atomic E-state index is 12.9. The van der Waals surface area contributed by atoms with Gasteiger partial charge in [-0.2, -0.15) is 0 Å². The van der Waals surface area contributed by atoms with E-state index in [1.165, 1.54) is 12.1 Å². The van der Waals surface area contributed by atoms with Gasteiger partial charge in [-0.1, -0.05) is 30.7 Å². The number of aromatic nitrogens is 1. The molecule has 0 amide bonds. The Morgan fingerprint density at radius 3 is 2.60 bits per heavy atom. The summed E-state index contributed by atoms with van der Waals surface area (Å²) in [5.74, 6) is -0.203. The summed E-state index contributed by atoms with van der Waals surface area (Å²) in [4.78, 5) is 4.00. The smallest absolute Gasteiger partial charge is 0.123 e. The van der Waals surface area contributed by atoms with E-state index in [1.54, 1.807) is 12.4 Å². The zero-order valence-electron chi connectivity index (χ0n) is 11.4. The highest BCUT2D eigenvalue weighted by atomic mass is 35.5.